The normalized spacial score (nSPS) is 33.0. The maximum absolute atomic E-state index is 10.4. The highest BCUT2D eigenvalue weighted by Crippen LogP contribution is 2.25. The molecule has 1 fully saturated rings. The number of ether oxygens (including phenoxy) is 1. The summed E-state index contributed by atoms with van der Waals surface area (Å²) in [7, 11) is 0. The third-order valence-corrected chi connectivity index (χ3v) is 3.80. The van der Waals surface area contributed by atoms with E-state index in [1.54, 1.807) is 0 Å². The Labute approximate surface area is 123 Å². The van der Waals surface area contributed by atoms with E-state index >= 15 is 0 Å². The number of carboxylic acids is 1. The van der Waals surface area contributed by atoms with Crippen molar-refractivity contribution < 1.29 is 35.1 Å². The molecule has 5 atom stereocenters. The molecule has 1 rings (SSSR count). The molecule has 6 N–H and O–H groups in total. The Morgan fingerprint density at radius 3 is 2.24 bits per heavy atom. The number of rotatable bonds is 9. The molecule has 0 aromatic rings. The van der Waals surface area contributed by atoms with E-state index in [0.717, 1.165) is 0 Å². The largest absolute Gasteiger partial charge is 0.481 e. The quantitative estimate of drug-likeness (QED) is 0.267. The van der Waals surface area contributed by atoms with Gasteiger partial charge >= 0.3 is 5.97 Å². The predicted molar refractivity (Wildman–Crippen MR) is 72.7 cm³/mol. The number of hydrogen-bond donors (Lipinski definition) is 6. The molecular weight excluding hydrogens is 282 g/mol. The van der Waals surface area contributed by atoms with Gasteiger partial charge in [0.05, 0.1) is 44.2 Å². The number of aliphatic carboxylic acids is 1. The van der Waals surface area contributed by atoms with Crippen LogP contribution < -0.4 is 5.32 Å². The van der Waals surface area contributed by atoms with Gasteiger partial charge < -0.3 is 35.6 Å². The average Bonchev–Trinajstić information content (AvgIpc) is 2.47. The highest BCUT2D eigenvalue weighted by atomic mass is 16.5. The minimum atomic E-state index is -0.961. The topological polar surface area (TPSA) is 139 Å². The molecule has 0 bridgehead atoms. The van der Waals surface area contributed by atoms with Crippen molar-refractivity contribution in [2.24, 2.45) is 5.92 Å². The van der Waals surface area contributed by atoms with Crippen molar-refractivity contribution in [3.63, 3.8) is 0 Å². The summed E-state index contributed by atoms with van der Waals surface area (Å²) in [6.07, 6.45) is -1.15. The van der Waals surface area contributed by atoms with Crippen molar-refractivity contribution >= 4 is 5.97 Å². The van der Waals surface area contributed by atoms with Gasteiger partial charge in [-0.1, -0.05) is 0 Å². The maximum Gasteiger partial charge on any atom is 0.303 e. The molecule has 1 saturated heterocycles. The highest BCUT2D eigenvalue weighted by molar-refractivity contribution is 5.66. The van der Waals surface area contributed by atoms with Gasteiger partial charge in [-0.25, -0.2) is 0 Å². The third-order valence-electron chi connectivity index (χ3n) is 3.80. The summed E-state index contributed by atoms with van der Waals surface area (Å²) >= 11 is 0. The lowest BCUT2D eigenvalue weighted by Gasteiger charge is -2.44. The summed E-state index contributed by atoms with van der Waals surface area (Å²) in [5.74, 6) is -1.48. The second kappa shape index (κ2) is 9.29. The zero-order chi connectivity index (χ0) is 15.8. The lowest BCUT2D eigenvalue weighted by Crippen LogP contribution is -2.62. The van der Waals surface area contributed by atoms with Crippen LogP contribution in [0.2, 0.25) is 0 Å². The van der Waals surface area contributed by atoms with Crippen LogP contribution in [0, 0.1) is 5.92 Å². The Balaban J connectivity index is 2.50. The summed E-state index contributed by atoms with van der Waals surface area (Å²) in [6, 6.07) is -0.570. The van der Waals surface area contributed by atoms with E-state index in [9.17, 15) is 25.2 Å². The molecule has 0 unspecified atom stereocenters. The molecule has 8 heteroatoms. The fraction of sp³-hybridized carbons (Fsp3) is 0.923. The Bertz CT molecular complexity index is 315. The summed E-state index contributed by atoms with van der Waals surface area (Å²) in [5.41, 5.74) is 0. The second-order valence-electron chi connectivity index (χ2n) is 5.25. The first-order valence-corrected chi connectivity index (χ1v) is 7.16. The van der Waals surface area contributed by atoms with Crippen LogP contribution in [-0.4, -0.2) is 82.2 Å². The monoisotopic (exact) mass is 307 g/mol. The van der Waals surface area contributed by atoms with E-state index in [4.69, 9.17) is 9.84 Å². The van der Waals surface area contributed by atoms with Crippen molar-refractivity contribution in [2.75, 3.05) is 26.4 Å². The molecule has 1 aliphatic heterocycles. The molecule has 0 aromatic heterocycles. The molecule has 0 spiro atoms. The molecule has 124 valence electrons. The molecule has 0 amide bonds. The highest BCUT2D eigenvalue weighted by Gasteiger charge is 2.43. The van der Waals surface area contributed by atoms with E-state index in [0.29, 0.717) is 19.4 Å². The maximum atomic E-state index is 10.4. The van der Waals surface area contributed by atoms with Gasteiger partial charge in [-0.3, -0.25) is 4.79 Å². The molecule has 0 saturated carbocycles. The van der Waals surface area contributed by atoms with Gasteiger partial charge in [0.25, 0.3) is 0 Å². The van der Waals surface area contributed by atoms with Crippen molar-refractivity contribution in [1.82, 2.24) is 5.32 Å². The Kier molecular flexibility index (Phi) is 8.09. The van der Waals surface area contributed by atoms with Gasteiger partial charge in [-0.05, 0) is 19.4 Å². The van der Waals surface area contributed by atoms with Gasteiger partial charge in [-0.15, -0.1) is 0 Å². The van der Waals surface area contributed by atoms with E-state index < -0.39 is 36.2 Å². The predicted octanol–water partition coefficient (Wildman–Crippen LogP) is -2.08. The van der Waals surface area contributed by atoms with Crippen LogP contribution in [0.4, 0.5) is 0 Å². The van der Waals surface area contributed by atoms with Gasteiger partial charge in [0.15, 0.2) is 0 Å². The van der Waals surface area contributed by atoms with E-state index in [1.807, 2.05) is 0 Å². The fourth-order valence-electron chi connectivity index (χ4n) is 2.60. The Morgan fingerprint density at radius 1 is 1.05 bits per heavy atom. The van der Waals surface area contributed by atoms with Crippen LogP contribution in [-0.2, 0) is 9.53 Å². The fourth-order valence-corrected chi connectivity index (χ4v) is 2.60. The van der Waals surface area contributed by atoms with Crippen molar-refractivity contribution in [1.29, 1.82) is 0 Å². The van der Waals surface area contributed by atoms with E-state index in [-0.39, 0.29) is 26.2 Å². The van der Waals surface area contributed by atoms with E-state index in [2.05, 4.69) is 5.32 Å². The molecule has 8 nitrogen and oxygen atoms in total. The summed E-state index contributed by atoms with van der Waals surface area (Å²) < 4.78 is 5.49. The molecule has 0 aliphatic carbocycles. The van der Waals surface area contributed by atoms with Crippen LogP contribution in [0.25, 0.3) is 0 Å². The second-order valence-corrected chi connectivity index (χ2v) is 5.25. The van der Waals surface area contributed by atoms with Crippen LogP contribution in [0.15, 0.2) is 0 Å². The zero-order valence-corrected chi connectivity index (χ0v) is 11.9. The summed E-state index contributed by atoms with van der Waals surface area (Å²) in [5, 5.41) is 49.7. The number of unbranched alkanes of at least 4 members (excludes halogenated alkanes) is 1. The first-order valence-electron chi connectivity index (χ1n) is 7.16. The third kappa shape index (κ3) is 5.17. The number of aliphatic hydroxyl groups is 4. The van der Waals surface area contributed by atoms with Gasteiger partial charge in [-0.2, -0.15) is 0 Å². The lowest BCUT2D eigenvalue weighted by molar-refractivity contribution is -0.185. The van der Waals surface area contributed by atoms with Crippen LogP contribution >= 0.6 is 0 Å². The molecule has 21 heavy (non-hydrogen) atoms. The molecule has 1 heterocycles. The number of carbonyl (C=O) groups is 1. The SMILES string of the molecule is O=C(O)CCCCN[C@@H]1[C@@H](O)[C@H](CO)[C@@H](CO)O[C@H]1CO. The van der Waals surface area contributed by atoms with Crippen molar-refractivity contribution in [2.45, 2.75) is 43.6 Å². The van der Waals surface area contributed by atoms with Gasteiger partial charge in [0, 0.05) is 12.3 Å². The number of aliphatic hydroxyl groups excluding tert-OH is 4. The van der Waals surface area contributed by atoms with Crippen molar-refractivity contribution in [3.05, 3.63) is 0 Å². The smallest absolute Gasteiger partial charge is 0.303 e. The first-order chi connectivity index (χ1) is 10.0. The van der Waals surface area contributed by atoms with Gasteiger partial charge in [0.2, 0.25) is 0 Å². The summed E-state index contributed by atoms with van der Waals surface area (Å²) in [6.45, 7) is -0.527. The molecular formula is C13H25NO7. The number of hydrogen-bond acceptors (Lipinski definition) is 7. The van der Waals surface area contributed by atoms with Crippen LogP contribution in [0.5, 0.6) is 0 Å². The number of carboxylic acid groups (broad SMARTS) is 1. The molecule has 1 aliphatic rings. The van der Waals surface area contributed by atoms with Crippen LogP contribution in [0.3, 0.4) is 0 Å². The zero-order valence-electron chi connectivity index (χ0n) is 11.9. The van der Waals surface area contributed by atoms with Gasteiger partial charge in [0.1, 0.15) is 0 Å². The van der Waals surface area contributed by atoms with Crippen molar-refractivity contribution in [3.8, 4) is 0 Å². The molecule has 0 aromatic carbocycles. The Hall–Kier alpha value is -0.770. The number of nitrogens with one attached hydrogen (secondary N) is 1. The lowest BCUT2D eigenvalue weighted by atomic mass is 9.85. The average molecular weight is 307 g/mol. The van der Waals surface area contributed by atoms with Crippen LogP contribution in [0.1, 0.15) is 19.3 Å². The summed E-state index contributed by atoms with van der Waals surface area (Å²) in [4.78, 5) is 10.4. The Morgan fingerprint density at radius 2 is 1.71 bits per heavy atom. The minimum Gasteiger partial charge on any atom is -0.481 e. The molecule has 0 radical (unpaired) electrons. The standard InChI is InChI=1S/C13H25NO7/c15-5-8-9(6-16)21-10(7-17)12(13(8)20)14-4-2-1-3-11(18)19/h8-10,12-17,20H,1-7H2,(H,18,19)/t8-,9-,10+,12+,13+/m1/s1. The first kappa shape index (κ1) is 18.3. The minimum absolute atomic E-state index is 0.0840. The van der Waals surface area contributed by atoms with E-state index in [1.165, 1.54) is 0 Å².